The Morgan fingerprint density at radius 2 is 2.05 bits per heavy atom. The molecule has 3 rings (SSSR count). The summed E-state index contributed by atoms with van der Waals surface area (Å²) in [6, 6.07) is 5.86. The molecule has 3 aromatic rings. The molecule has 0 radical (unpaired) electrons. The van der Waals surface area contributed by atoms with Gasteiger partial charge in [-0.05, 0) is 17.7 Å². The van der Waals surface area contributed by atoms with Crippen molar-refractivity contribution in [1.82, 2.24) is 14.4 Å². The van der Waals surface area contributed by atoms with Gasteiger partial charge in [0.05, 0.1) is 18.3 Å². The van der Waals surface area contributed by atoms with Crippen LogP contribution in [0.15, 0.2) is 49.1 Å². The van der Waals surface area contributed by atoms with Gasteiger partial charge in [-0.25, -0.2) is 9.37 Å². The van der Waals surface area contributed by atoms with Crippen LogP contribution in [0.5, 0.6) is 0 Å². The summed E-state index contributed by atoms with van der Waals surface area (Å²) in [4.78, 5) is 19.4. The van der Waals surface area contributed by atoms with Crippen LogP contribution < -0.4 is 0 Å². The highest BCUT2D eigenvalue weighted by molar-refractivity contribution is 5.69. The van der Waals surface area contributed by atoms with Gasteiger partial charge in [0.2, 0.25) is 0 Å². The molecule has 0 aliphatic heterocycles. The molecule has 0 fully saturated rings. The Balaban J connectivity index is 2.11. The zero-order valence-corrected chi connectivity index (χ0v) is 11.0. The predicted molar refractivity (Wildman–Crippen MR) is 73.5 cm³/mol. The summed E-state index contributed by atoms with van der Waals surface area (Å²) < 4.78 is 14.9. The number of hydrogen-bond donors (Lipinski definition) is 1. The molecule has 1 atom stereocenters. The van der Waals surface area contributed by atoms with E-state index >= 15 is 0 Å². The van der Waals surface area contributed by atoms with Gasteiger partial charge < -0.3 is 9.51 Å². The van der Waals surface area contributed by atoms with E-state index in [1.54, 1.807) is 41.3 Å². The van der Waals surface area contributed by atoms with E-state index in [-0.39, 0.29) is 12.2 Å². The first kappa shape index (κ1) is 13.2. The van der Waals surface area contributed by atoms with E-state index in [0.29, 0.717) is 5.65 Å². The van der Waals surface area contributed by atoms with Crippen LogP contribution >= 0.6 is 0 Å². The van der Waals surface area contributed by atoms with Crippen molar-refractivity contribution in [3.63, 3.8) is 0 Å². The number of fused-ring (bicyclic) bond motifs is 1. The van der Waals surface area contributed by atoms with Gasteiger partial charge in [0.25, 0.3) is 0 Å². The van der Waals surface area contributed by atoms with Crippen molar-refractivity contribution in [2.45, 2.75) is 12.3 Å². The van der Waals surface area contributed by atoms with Gasteiger partial charge in [0.15, 0.2) is 5.65 Å². The Kier molecular flexibility index (Phi) is 3.35. The maximum absolute atomic E-state index is 13.1. The van der Waals surface area contributed by atoms with Crippen molar-refractivity contribution in [3.05, 3.63) is 66.1 Å². The summed E-state index contributed by atoms with van der Waals surface area (Å²) >= 11 is 0. The lowest BCUT2D eigenvalue weighted by molar-refractivity contribution is -0.137. The fourth-order valence-corrected chi connectivity index (χ4v) is 2.38. The maximum Gasteiger partial charge on any atom is 0.304 e. The van der Waals surface area contributed by atoms with Gasteiger partial charge in [-0.15, -0.1) is 0 Å². The van der Waals surface area contributed by atoms with Crippen LogP contribution in [0.4, 0.5) is 4.39 Å². The lowest BCUT2D eigenvalue weighted by Gasteiger charge is -2.15. The lowest BCUT2D eigenvalue weighted by atomic mass is 9.93. The summed E-state index contributed by atoms with van der Waals surface area (Å²) in [5.41, 5.74) is 2.11. The van der Waals surface area contributed by atoms with E-state index in [1.807, 2.05) is 0 Å². The van der Waals surface area contributed by atoms with Gasteiger partial charge in [-0.3, -0.25) is 9.78 Å². The monoisotopic (exact) mass is 285 g/mol. The molecule has 2 aromatic heterocycles. The second-order valence-electron chi connectivity index (χ2n) is 4.69. The molecule has 0 saturated carbocycles. The Hall–Kier alpha value is -2.76. The summed E-state index contributed by atoms with van der Waals surface area (Å²) in [5, 5.41) is 9.15. The van der Waals surface area contributed by atoms with Crippen LogP contribution in [0.3, 0.4) is 0 Å². The molecule has 1 N–H and O–H groups in total. The zero-order valence-electron chi connectivity index (χ0n) is 11.0. The van der Waals surface area contributed by atoms with Crippen molar-refractivity contribution in [2.24, 2.45) is 0 Å². The number of carboxylic acid groups (broad SMARTS) is 1. The third-order valence-electron chi connectivity index (χ3n) is 3.35. The van der Waals surface area contributed by atoms with Crippen LogP contribution in [0.25, 0.3) is 5.65 Å². The highest BCUT2D eigenvalue weighted by Crippen LogP contribution is 2.28. The SMILES string of the molecule is O=C(O)CC(c1ccc(F)cc1)c1cnc2cnccn12. The molecule has 21 heavy (non-hydrogen) atoms. The third kappa shape index (κ3) is 2.60. The van der Waals surface area contributed by atoms with E-state index in [0.717, 1.165) is 11.3 Å². The molecular formula is C15H12FN3O2. The molecular weight excluding hydrogens is 273 g/mol. The van der Waals surface area contributed by atoms with E-state index in [2.05, 4.69) is 9.97 Å². The van der Waals surface area contributed by atoms with Gasteiger partial charge in [-0.1, -0.05) is 12.1 Å². The zero-order chi connectivity index (χ0) is 14.8. The van der Waals surface area contributed by atoms with E-state index in [4.69, 9.17) is 5.11 Å². The van der Waals surface area contributed by atoms with Crippen molar-refractivity contribution in [3.8, 4) is 0 Å². The quantitative estimate of drug-likeness (QED) is 0.799. The fourth-order valence-electron chi connectivity index (χ4n) is 2.38. The molecule has 0 spiro atoms. The van der Waals surface area contributed by atoms with Crippen molar-refractivity contribution < 1.29 is 14.3 Å². The average molecular weight is 285 g/mol. The predicted octanol–water partition coefficient (Wildman–Crippen LogP) is 2.48. The number of aliphatic carboxylic acids is 1. The number of halogens is 1. The Morgan fingerprint density at radius 1 is 1.29 bits per heavy atom. The number of imidazole rings is 1. The summed E-state index contributed by atoms with van der Waals surface area (Å²) in [6.07, 6.45) is 6.48. The average Bonchev–Trinajstić information content (AvgIpc) is 2.89. The minimum Gasteiger partial charge on any atom is -0.481 e. The first-order chi connectivity index (χ1) is 10.1. The van der Waals surface area contributed by atoms with Crippen LogP contribution in [0.1, 0.15) is 23.6 Å². The normalized spacial score (nSPS) is 12.4. The summed E-state index contributed by atoms with van der Waals surface area (Å²) in [6.45, 7) is 0. The van der Waals surface area contributed by atoms with Crippen molar-refractivity contribution in [2.75, 3.05) is 0 Å². The van der Waals surface area contributed by atoms with Crippen LogP contribution in [-0.2, 0) is 4.79 Å². The minimum atomic E-state index is -0.923. The molecule has 106 valence electrons. The van der Waals surface area contributed by atoms with Crippen molar-refractivity contribution >= 4 is 11.6 Å². The fraction of sp³-hybridized carbons (Fsp3) is 0.133. The maximum atomic E-state index is 13.1. The Morgan fingerprint density at radius 3 is 2.76 bits per heavy atom. The molecule has 0 amide bonds. The lowest BCUT2D eigenvalue weighted by Crippen LogP contribution is -2.10. The number of benzene rings is 1. The molecule has 0 bridgehead atoms. The number of carbonyl (C=O) groups is 1. The smallest absolute Gasteiger partial charge is 0.304 e. The molecule has 0 saturated heterocycles. The van der Waals surface area contributed by atoms with E-state index in [9.17, 15) is 9.18 Å². The topological polar surface area (TPSA) is 67.5 Å². The van der Waals surface area contributed by atoms with Gasteiger partial charge in [-0.2, -0.15) is 0 Å². The number of carboxylic acids is 1. The first-order valence-corrected chi connectivity index (χ1v) is 6.39. The number of nitrogens with zero attached hydrogens (tertiary/aromatic N) is 3. The highest BCUT2D eigenvalue weighted by atomic mass is 19.1. The second-order valence-corrected chi connectivity index (χ2v) is 4.69. The summed E-state index contributed by atoms with van der Waals surface area (Å²) in [5.74, 6) is -1.68. The summed E-state index contributed by atoms with van der Waals surface area (Å²) in [7, 11) is 0. The first-order valence-electron chi connectivity index (χ1n) is 6.39. The van der Waals surface area contributed by atoms with Crippen molar-refractivity contribution in [1.29, 1.82) is 0 Å². The Bertz CT molecular complexity index is 783. The molecule has 1 unspecified atom stereocenters. The molecule has 5 nitrogen and oxygen atoms in total. The molecule has 0 aliphatic carbocycles. The van der Waals surface area contributed by atoms with E-state index < -0.39 is 11.9 Å². The van der Waals surface area contributed by atoms with Gasteiger partial charge >= 0.3 is 5.97 Å². The second kappa shape index (κ2) is 5.32. The number of aromatic nitrogens is 3. The third-order valence-corrected chi connectivity index (χ3v) is 3.35. The van der Waals surface area contributed by atoms with Crippen LogP contribution in [-0.4, -0.2) is 25.4 Å². The highest BCUT2D eigenvalue weighted by Gasteiger charge is 2.21. The van der Waals surface area contributed by atoms with Gasteiger partial charge in [0.1, 0.15) is 5.82 Å². The van der Waals surface area contributed by atoms with E-state index in [1.165, 1.54) is 12.1 Å². The molecule has 0 aliphatic rings. The van der Waals surface area contributed by atoms with Gasteiger partial charge in [0, 0.05) is 24.5 Å². The standard InChI is InChI=1S/C15H12FN3O2/c16-11-3-1-10(2-4-11)12(7-15(20)21)13-8-18-14-9-17-5-6-19(13)14/h1-6,8-9,12H,7H2,(H,20,21). The molecule has 2 heterocycles. The molecule has 1 aromatic carbocycles. The molecule has 6 heteroatoms. The minimum absolute atomic E-state index is 0.0955. The number of hydrogen-bond acceptors (Lipinski definition) is 3. The largest absolute Gasteiger partial charge is 0.481 e. The van der Waals surface area contributed by atoms with Crippen LogP contribution in [0.2, 0.25) is 0 Å². The number of rotatable bonds is 4. The van der Waals surface area contributed by atoms with Crippen LogP contribution in [0, 0.1) is 5.82 Å². The Labute approximate surface area is 119 Å².